The molecule has 2 aromatic rings. The Morgan fingerprint density at radius 2 is 0.629 bits per heavy atom. The molecule has 6 bridgehead atoms. The molecule has 20 rings (SSSR count). The van der Waals surface area contributed by atoms with E-state index in [9.17, 15) is 0 Å². The van der Waals surface area contributed by atoms with Crippen molar-refractivity contribution in [3.63, 3.8) is 0 Å². The van der Waals surface area contributed by atoms with Gasteiger partial charge >= 0.3 is 0 Å². The smallest absolute Gasteiger partial charge is 0.0575 e. The van der Waals surface area contributed by atoms with Gasteiger partial charge in [0.25, 0.3) is 0 Å². The Bertz CT molecular complexity index is 3150. The van der Waals surface area contributed by atoms with Crippen LogP contribution in [-0.2, 0) is 14.9 Å². The lowest BCUT2D eigenvalue weighted by Crippen LogP contribution is -2.42. The van der Waals surface area contributed by atoms with Crippen molar-refractivity contribution in [2.45, 2.75) is 584 Å². The first-order valence-corrected chi connectivity index (χ1v) is 60.5. The molecule has 766 valence electrons. The fourth-order valence-corrected chi connectivity index (χ4v) is 31.0. The number of hydrogen-bond donors (Lipinski definition) is 0. The first kappa shape index (κ1) is 116. The number of benzene rings is 2. The van der Waals surface area contributed by atoms with Gasteiger partial charge in [-0.2, -0.15) is 0 Å². The van der Waals surface area contributed by atoms with Crippen LogP contribution >= 0.6 is 0 Å². The topological polar surface area (TPSA) is 18.5 Å². The van der Waals surface area contributed by atoms with Crippen LogP contribution < -0.4 is 0 Å². The molecule has 2 heteroatoms. The highest BCUT2D eigenvalue weighted by atomic mass is 16.5. The highest BCUT2D eigenvalue weighted by molar-refractivity contribution is 5.31. The molecular weight excluding hydrogens is 1590 g/mol. The van der Waals surface area contributed by atoms with Crippen molar-refractivity contribution in [2.24, 2.45) is 156 Å². The molecule has 0 aromatic heterocycles. The third-order valence-corrected chi connectivity index (χ3v) is 44.7. The summed E-state index contributed by atoms with van der Waals surface area (Å²) in [4.78, 5) is 0. The van der Waals surface area contributed by atoms with Gasteiger partial charge in [-0.05, 0) is 438 Å². The van der Waals surface area contributed by atoms with Crippen molar-refractivity contribution < 1.29 is 9.47 Å². The van der Waals surface area contributed by atoms with Gasteiger partial charge in [0.15, 0.2) is 0 Å². The Kier molecular flexibility index (Phi) is 48.9. The zero-order valence-corrected chi connectivity index (χ0v) is 94.7. The zero-order chi connectivity index (χ0) is 96.7. The molecule has 2 saturated heterocycles. The number of rotatable bonds is 16. The quantitative estimate of drug-likeness (QED) is 0.167. The second-order valence-electron chi connectivity index (χ2n) is 52.3. The van der Waals surface area contributed by atoms with E-state index >= 15 is 0 Å². The van der Waals surface area contributed by atoms with Crippen LogP contribution in [0.25, 0.3) is 0 Å². The van der Waals surface area contributed by atoms with Gasteiger partial charge in [0, 0.05) is 13.2 Å². The molecule has 0 spiro atoms. The molecule has 2 heterocycles. The van der Waals surface area contributed by atoms with E-state index in [1.807, 2.05) is 27.7 Å². The van der Waals surface area contributed by atoms with Crippen molar-refractivity contribution in [1.29, 1.82) is 0 Å². The highest BCUT2D eigenvalue weighted by Gasteiger charge is 2.55. The molecule has 16 aliphatic carbocycles. The van der Waals surface area contributed by atoms with Gasteiger partial charge in [-0.15, -0.1) is 0 Å². The summed E-state index contributed by atoms with van der Waals surface area (Å²) in [6.45, 7) is 68.8. The molecule has 9 unspecified atom stereocenters. The maximum absolute atomic E-state index is 5.57. The lowest BCUT2D eigenvalue weighted by Gasteiger charge is -2.52. The molecule has 2 aliphatic heterocycles. The number of hydrogen-bond acceptors (Lipinski definition) is 2. The largest absolute Gasteiger partial charge is 0.378 e. The van der Waals surface area contributed by atoms with Gasteiger partial charge in [-0.25, -0.2) is 0 Å². The highest BCUT2D eigenvalue weighted by Crippen LogP contribution is 2.64. The monoisotopic (exact) mass is 1830 g/mol. The maximum atomic E-state index is 5.57. The zero-order valence-electron chi connectivity index (χ0n) is 94.7. The summed E-state index contributed by atoms with van der Waals surface area (Å²) in [5.74, 6) is 21.2. The van der Waals surface area contributed by atoms with Gasteiger partial charge in [0.1, 0.15) is 0 Å². The van der Waals surface area contributed by atoms with E-state index in [-0.39, 0.29) is 0 Å². The van der Waals surface area contributed by atoms with Crippen molar-refractivity contribution in [3.8, 4) is 0 Å². The molecule has 18 fully saturated rings. The predicted molar refractivity (Wildman–Crippen MR) is 585 cm³/mol. The molecule has 2 nitrogen and oxygen atoms in total. The maximum Gasteiger partial charge on any atom is 0.0575 e. The third-order valence-electron chi connectivity index (χ3n) is 44.7. The van der Waals surface area contributed by atoms with Crippen LogP contribution in [0.15, 0.2) is 48.5 Å². The van der Waals surface area contributed by atoms with Crippen LogP contribution in [0, 0.1) is 170 Å². The van der Waals surface area contributed by atoms with Crippen molar-refractivity contribution in [3.05, 3.63) is 70.8 Å². The van der Waals surface area contributed by atoms with E-state index in [1.165, 1.54) is 338 Å². The van der Waals surface area contributed by atoms with Gasteiger partial charge in [0.2, 0.25) is 0 Å². The summed E-state index contributed by atoms with van der Waals surface area (Å²) < 4.78 is 11.0. The van der Waals surface area contributed by atoms with E-state index in [0.29, 0.717) is 28.5 Å². The summed E-state index contributed by atoms with van der Waals surface area (Å²) in [5.41, 5.74) is 11.5. The molecule has 0 amide bonds. The number of ether oxygens (including phenoxy) is 2. The summed E-state index contributed by atoms with van der Waals surface area (Å²) in [6.07, 6.45) is 84.2. The van der Waals surface area contributed by atoms with Gasteiger partial charge in [-0.3, -0.25) is 0 Å². The Morgan fingerprint density at radius 1 is 0.288 bits per heavy atom. The van der Waals surface area contributed by atoms with Crippen LogP contribution in [0.4, 0.5) is 0 Å². The minimum Gasteiger partial charge on any atom is -0.378 e. The van der Waals surface area contributed by atoms with Crippen molar-refractivity contribution in [1.82, 2.24) is 0 Å². The van der Waals surface area contributed by atoms with E-state index in [4.69, 9.17) is 9.47 Å². The molecule has 18 aliphatic rings. The average Bonchev–Trinajstić information content (AvgIpc) is 1.40. The lowest BCUT2D eigenvalue weighted by atomic mass is 9.52. The molecule has 132 heavy (non-hydrogen) atoms. The van der Waals surface area contributed by atoms with Gasteiger partial charge < -0.3 is 9.47 Å². The number of aryl methyl sites for hydroxylation is 2. The Balaban J connectivity index is 0.000000184. The minimum atomic E-state index is 0.464. The first-order chi connectivity index (χ1) is 63.1. The molecule has 2 aromatic carbocycles. The fraction of sp³-hybridized carbons (Fsp3) is 0.908. The summed E-state index contributed by atoms with van der Waals surface area (Å²) in [7, 11) is 0. The second kappa shape index (κ2) is 55.8. The second-order valence-corrected chi connectivity index (χ2v) is 52.3. The van der Waals surface area contributed by atoms with Crippen molar-refractivity contribution >= 4 is 0 Å². The molecular formula is C130H234O2. The van der Waals surface area contributed by atoms with E-state index < -0.39 is 0 Å². The Hall–Kier alpha value is -1.64. The van der Waals surface area contributed by atoms with E-state index in [0.717, 1.165) is 153 Å². The lowest BCUT2D eigenvalue weighted by molar-refractivity contribution is -0.0661. The molecule has 0 N–H and O–H groups in total. The van der Waals surface area contributed by atoms with Gasteiger partial charge in [-0.1, -0.05) is 361 Å². The summed E-state index contributed by atoms with van der Waals surface area (Å²) in [6, 6.07) is 18.5. The Morgan fingerprint density at radius 3 is 0.977 bits per heavy atom. The standard InChI is InChI=1S/C20H38.C17H32.C17H26.C16H22.C15H28.C14H24.C10H18.C9H18O.C8H16O.2C2H6/c1-5-19(6-2)13-9-17(10-14-19)18-11-15-20(7-3,8-4)16-12-18;2*1-4-17(5-2)12-10-16(11-13-17)15-8-6-14(3)7-9-15;1-13-3-5-14(6-4-13)16-10-7-15(2,8-11-16)9-12-16;1-12-3-7-14(8-4-12)11-15-9-5-13(2)6-10-15;1-3-9-5-12-11-7-10(4-2)13(8-11)14(12)6-9;1-9-3-6-10(2,7-4-9)8-5-9;1-6-5-10-9(4)8(3)7(6)2;1-6-4-8(3)9-5-7(6)2;2*1-2/h17-18H,5-16H2,1-4H3;14-16H,4-13H2,1-3H3;6-9,16H,4-5,10-13H2,1-3H3;3-6H,7-12H2,1-2H3;12-15H,3-11H2,1-2H3;9-14H,3-8H2,1-2H3;3-8H2,1-2H3;6-9H,5H2,1-4H3;6-8H,4-5H2,1-3H3;2*1-2H3/t;;;;;;;6?,7-,8+,9?;6-,7+,8?;;/m.......00../s1. The average molecular weight is 1830 g/mol. The van der Waals surface area contributed by atoms with E-state index in [2.05, 4.69) is 222 Å². The molecule has 0 radical (unpaired) electrons. The van der Waals surface area contributed by atoms with Crippen LogP contribution in [0.1, 0.15) is 575 Å². The van der Waals surface area contributed by atoms with Gasteiger partial charge in [0.05, 0.1) is 12.2 Å². The third kappa shape index (κ3) is 33.2. The van der Waals surface area contributed by atoms with Crippen LogP contribution in [0.5, 0.6) is 0 Å². The molecule has 13 atom stereocenters. The van der Waals surface area contributed by atoms with Crippen LogP contribution in [-0.4, -0.2) is 25.4 Å². The summed E-state index contributed by atoms with van der Waals surface area (Å²) in [5, 5.41) is 0. The fourth-order valence-electron chi connectivity index (χ4n) is 31.0. The predicted octanol–water partition coefficient (Wildman–Crippen LogP) is 41.8. The SMILES string of the molecule is CC.CC.CC12CCC(C)(CC1)CC2.CC1CCC(CC2CCC(C)CC2)CC1.CC1COC(C)[C@H](C)[C@H]1C.CC1C[C@H](C)[C@H](C)CO1.CCC1(CC)CCC(C2CCC(C)CC2)CC1.CCC1(CC)CCC(C2CCC(CC)(CC)CC2)CC1.CCC1(CC)CCC(c2ccc(C)cc2)CC1.CCC1CC2C3CC(CC)C(C3)C2C1.Cc1ccc(C23CCC(C)(CC2)CC3)cc1. The van der Waals surface area contributed by atoms with Crippen molar-refractivity contribution in [2.75, 3.05) is 13.2 Å². The normalized spacial score (nSPS) is 37.5. The van der Waals surface area contributed by atoms with Crippen LogP contribution in [0.2, 0.25) is 0 Å². The minimum absolute atomic E-state index is 0.464. The summed E-state index contributed by atoms with van der Waals surface area (Å²) >= 11 is 0. The number of fused-ring (bicyclic) bond motifs is 11. The first-order valence-electron chi connectivity index (χ1n) is 60.5. The Labute approximate surface area is 828 Å². The molecule has 16 saturated carbocycles. The van der Waals surface area contributed by atoms with E-state index in [1.54, 1.807) is 56.1 Å². The van der Waals surface area contributed by atoms with Crippen LogP contribution in [0.3, 0.4) is 0 Å².